The summed E-state index contributed by atoms with van der Waals surface area (Å²) in [5.74, 6) is -1.10. The highest BCUT2D eigenvalue weighted by atomic mass is 32.2. The third-order valence-corrected chi connectivity index (χ3v) is 4.08. The lowest BCUT2D eigenvalue weighted by molar-refractivity contribution is -0.114. The molecule has 1 aromatic carbocycles. The predicted octanol–water partition coefficient (Wildman–Crippen LogP) is 1.62. The summed E-state index contributed by atoms with van der Waals surface area (Å²) in [7, 11) is -3.96. The number of anilines is 2. The quantitative estimate of drug-likeness (QED) is 0.798. The zero-order valence-electron chi connectivity index (χ0n) is 11.3. The molecule has 0 aliphatic rings. The van der Waals surface area contributed by atoms with E-state index in [4.69, 9.17) is 0 Å². The minimum atomic E-state index is -3.96. The number of halogens is 1. The molecule has 2 rings (SSSR count). The number of aryl methyl sites for hydroxylation is 1. The third-order valence-electron chi connectivity index (χ3n) is 2.60. The molecule has 9 heteroatoms. The van der Waals surface area contributed by atoms with Crippen LogP contribution in [0.15, 0.2) is 29.3 Å². The Hall–Kier alpha value is -2.42. The molecular formula is C12H13FN4O3S. The van der Waals surface area contributed by atoms with E-state index in [0.717, 1.165) is 12.3 Å². The summed E-state index contributed by atoms with van der Waals surface area (Å²) in [5, 5.41) is 8.55. The molecule has 0 radical (unpaired) electrons. The van der Waals surface area contributed by atoms with Crippen LogP contribution in [0.5, 0.6) is 0 Å². The van der Waals surface area contributed by atoms with Crippen molar-refractivity contribution in [3.8, 4) is 0 Å². The van der Waals surface area contributed by atoms with Crippen LogP contribution >= 0.6 is 0 Å². The Kier molecular flexibility index (Phi) is 3.94. The first-order chi connectivity index (χ1) is 9.79. The van der Waals surface area contributed by atoms with Crippen molar-refractivity contribution >= 4 is 27.3 Å². The summed E-state index contributed by atoms with van der Waals surface area (Å²) in [4.78, 5) is 10.9. The molecule has 0 aliphatic heterocycles. The monoisotopic (exact) mass is 312 g/mol. The number of hydrogen-bond donors (Lipinski definition) is 3. The van der Waals surface area contributed by atoms with Gasteiger partial charge in [0.15, 0.2) is 0 Å². The van der Waals surface area contributed by atoms with Gasteiger partial charge in [0.2, 0.25) is 5.91 Å². The van der Waals surface area contributed by atoms with Gasteiger partial charge in [0.05, 0.1) is 17.6 Å². The summed E-state index contributed by atoms with van der Waals surface area (Å²) in [6, 6.07) is 3.59. The molecule has 0 atom stereocenters. The highest BCUT2D eigenvalue weighted by Gasteiger charge is 2.20. The van der Waals surface area contributed by atoms with Gasteiger partial charge < -0.3 is 5.32 Å². The predicted molar refractivity (Wildman–Crippen MR) is 74.8 cm³/mol. The minimum Gasteiger partial charge on any atom is -0.326 e. The fraction of sp³-hybridized carbons (Fsp3) is 0.167. The Labute approximate surface area is 120 Å². The number of aromatic amines is 1. The van der Waals surface area contributed by atoms with Crippen LogP contribution in [-0.2, 0) is 14.8 Å². The first-order valence-corrected chi connectivity index (χ1v) is 7.38. The minimum absolute atomic E-state index is 0.0770. The molecule has 21 heavy (non-hydrogen) atoms. The molecule has 1 heterocycles. The highest BCUT2D eigenvalue weighted by molar-refractivity contribution is 7.92. The van der Waals surface area contributed by atoms with Crippen LogP contribution in [0.2, 0.25) is 0 Å². The molecule has 0 spiro atoms. The molecule has 112 valence electrons. The molecule has 0 unspecified atom stereocenters. The SMILES string of the molecule is CC(=O)Nc1ccc(F)c(NS(=O)(=O)c2cn[nH]c2C)c1. The summed E-state index contributed by atoms with van der Waals surface area (Å²) in [6.45, 7) is 2.83. The number of carbonyl (C=O) groups is 1. The third kappa shape index (κ3) is 3.37. The van der Waals surface area contributed by atoms with E-state index in [2.05, 4.69) is 20.2 Å². The van der Waals surface area contributed by atoms with Crippen molar-refractivity contribution in [3.63, 3.8) is 0 Å². The van der Waals surface area contributed by atoms with Gasteiger partial charge in [0.1, 0.15) is 10.7 Å². The van der Waals surface area contributed by atoms with Crippen molar-refractivity contribution in [2.24, 2.45) is 0 Å². The van der Waals surface area contributed by atoms with Crippen LogP contribution < -0.4 is 10.0 Å². The fourth-order valence-corrected chi connectivity index (χ4v) is 2.89. The summed E-state index contributed by atoms with van der Waals surface area (Å²) >= 11 is 0. The van der Waals surface area contributed by atoms with Crippen molar-refractivity contribution < 1.29 is 17.6 Å². The maximum absolute atomic E-state index is 13.7. The average molecular weight is 312 g/mol. The van der Waals surface area contributed by atoms with E-state index in [1.165, 1.54) is 26.0 Å². The number of nitrogens with zero attached hydrogens (tertiary/aromatic N) is 1. The van der Waals surface area contributed by atoms with Gasteiger partial charge >= 0.3 is 0 Å². The number of benzene rings is 1. The number of aromatic nitrogens is 2. The van der Waals surface area contributed by atoms with Gasteiger partial charge in [0, 0.05) is 12.6 Å². The van der Waals surface area contributed by atoms with E-state index in [9.17, 15) is 17.6 Å². The second-order valence-corrected chi connectivity index (χ2v) is 5.99. The van der Waals surface area contributed by atoms with Gasteiger partial charge in [-0.25, -0.2) is 12.8 Å². The lowest BCUT2D eigenvalue weighted by atomic mass is 10.2. The molecule has 0 saturated heterocycles. The molecule has 0 saturated carbocycles. The maximum Gasteiger partial charge on any atom is 0.265 e. The standard InChI is InChI=1S/C12H13FN4O3S/c1-7-12(6-14-16-7)21(19,20)17-11-5-9(15-8(2)18)3-4-10(11)13/h3-6,17H,1-2H3,(H,14,16)(H,15,18). The molecular weight excluding hydrogens is 299 g/mol. The number of nitrogens with one attached hydrogen (secondary N) is 3. The molecule has 1 aromatic heterocycles. The largest absolute Gasteiger partial charge is 0.326 e. The van der Waals surface area contributed by atoms with Crippen LogP contribution in [0, 0.1) is 12.7 Å². The van der Waals surface area contributed by atoms with E-state index in [0.29, 0.717) is 5.69 Å². The summed E-state index contributed by atoms with van der Waals surface area (Å²) in [6.07, 6.45) is 1.13. The van der Waals surface area contributed by atoms with Gasteiger partial charge in [-0.05, 0) is 25.1 Å². The van der Waals surface area contributed by atoms with Gasteiger partial charge in [0.25, 0.3) is 10.0 Å². The fourth-order valence-electron chi connectivity index (χ4n) is 1.69. The van der Waals surface area contributed by atoms with E-state index in [1.807, 2.05) is 0 Å². The zero-order valence-corrected chi connectivity index (χ0v) is 12.1. The Morgan fingerprint density at radius 2 is 2.10 bits per heavy atom. The second-order valence-electron chi connectivity index (χ2n) is 4.34. The Morgan fingerprint density at radius 3 is 2.67 bits per heavy atom. The number of carbonyl (C=O) groups excluding carboxylic acids is 1. The number of amides is 1. The Bertz CT molecular complexity index is 786. The Balaban J connectivity index is 2.35. The van der Waals surface area contributed by atoms with Gasteiger partial charge in [-0.2, -0.15) is 5.10 Å². The van der Waals surface area contributed by atoms with Crippen molar-refractivity contribution in [1.29, 1.82) is 0 Å². The van der Waals surface area contributed by atoms with Crippen LogP contribution in [0.4, 0.5) is 15.8 Å². The molecule has 0 aliphatic carbocycles. The second kappa shape index (κ2) is 5.52. The van der Waals surface area contributed by atoms with Crippen LogP contribution in [0.3, 0.4) is 0 Å². The first-order valence-electron chi connectivity index (χ1n) is 5.89. The van der Waals surface area contributed by atoms with Crippen LogP contribution in [-0.4, -0.2) is 24.5 Å². The lowest BCUT2D eigenvalue weighted by Gasteiger charge is -2.10. The molecule has 2 aromatic rings. The highest BCUT2D eigenvalue weighted by Crippen LogP contribution is 2.23. The first kappa shape index (κ1) is 15.0. The number of sulfonamides is 1. The number of hydrogen-bond acceptors (Lipinski definition) is 4. The molecule has 3 N–H and O–H groups in total. The molecule has 7 nitrogen and oxygen atoms in total. The molecule has 0 bridgehead atoms. The molecule has 1 amide bonds. The van der Waals surface area contributed by atoms with Crippen molar-refractivity contribution in [3.05, 3.63) is 35.9 Å². The van der Waals surface area contributed by atoms with Gasteiger partial charge in [-0.1, -0.05) is 0 Å². The van der Waals surface area contributed by atoms with Gasteiger partial charge in [-0.3, -0.25) is 14.6 Å². The Morgan fingerprint density at radius 1 is 1.38 bits per heavy atom. The van der Waals surface area contributed by atoms with E-state index < -0.39 is 15.8 Å². The smallest absolute Gasteiger partial charge is 0.265 e. The number of H-pyrrole nitrogens is 1. The van der Waals surface area contributed by atoms with Crippen molar-refractivity contribution in [2.75, 3.05) is 10.0 Å². The average Bonchev–Trinajstić information content (AvgIpc) is 2.79. The van der Waals surface area contributed by atoms with Crippen molar-refractivity contribution in [2.45, 2.75) is 18.7 Å². The normalized spacial score (nSPS) is 11.2. The van der Waals surface area contributed by atoms with E-state index in [1.54, 1.807) is 0 Å². The summed E-state index contributed by atoms with van der Waals surface area (Å²) in [5.41, 5.74) is 0.355. The molecule has 0 fully saturated rings. The van der Waals surface area contributed by atoms with Crippen LogP contribution in [0.1, 0.15) is 12.6 Å². The zero-order chi connectivity index (χ0) is 15.6. The van der Waals surface area contributed by atoms with E-state index in [-0.39, 0.29) is 22.2 Å². The van der Waals surface area contributed by atoms with E-state index >= 15 is 0 Å². The summed E-state index contributed by atoms with van der Waals surface area (Å²) < 4.78 is 40.1. The maximum atomic E-state index is 13.7. The van der Waals surface area contributed by atoms with Crippen LogP contribution in [0.25, 0.3) is 0 Å². The van der Waals surface area contributed by atoms with Crippen molar-refractivity contribution in [1.82, 2.24) is 10.2 Å². The van der Waals surface area contributed by atoms with Gasteiger partial charge in [-0.15, -0.1) is 0 Å². The lowest BCUT2D eigenvalue weighted by Crippen LogP contribution is -2.15. The number of rotatable bonds is 4. The topological polar surface area (TPSA) is 104 Å².